The van der Waals surface area contributed by atoms with Crippen molar-refractivity contribution in [1.82, 2.24) is 10.2 Å². The van der Waals surface area contributed by atoms with Crippen molar-refractivity contribution in [3.63, 3.8) is 0 Å². The van der Waals surface area contributed by atoms with Crippen molar-refractivity contribution in [1.29, 1.82) is 0 Å². The van der Waals surface area contributed by atoms with Gasteiger partial charge in [-0.1, -0.05) is 0 Å². The van der Waals surface area contributed by atoms with Crippen molar-refractivity contribution in [2.24, 2.45) is 4.58 Å². The fourth-order valence-electron chi connectivity index (χ4n) is 2.01. The molecule has 0 radical (unpaired) electrons. The number of carboxylic acid groups (broad SMARTS) is 1. The zero-order valence-corrected chi connectivity index (χ0v) is 11.2. The van der Waals surface area contributed by atoms with Crippen LogP contribution in [0.3, 0.4) is 0 Å². The highest BCUT2D eigenvalue weighted by Crippen LogP contribution is 2.19. The van der Waals surface area contributed by atoms with Crippen molar-refractivity contribution in [2.45, 2.75) is 31.8 Å². The average Bonchev–Trinajstić information content (AvgIpc) is 2.82. The Labute approximate surface area is 114 Å². The molecule has 0 saturated carbocycles. The van der Waals surface area contributed by atoms with Gasteiger partial charge in [-0.05, 0) is 12.8 Å². The lowest BCUT2D eigenvalue weighted by Gasteiger charge is -2.26. The zero-order chi connectivity index (χ0) is 14.4. The molecule has 1 saturated heterocycles. The maximum absolute atomic E-state index is 12.2. The minimum Gasteiger partial charge on any atom is -0.480 e. The molecule has 2 atom stereocenters. The molecule has 2 N–H and O–H groups in total. The molecule has 0 aromatic carbocycles. The summed E-state index contributed by atoms with van der Waals surface area (Å²) in [7, 11) is 0. The Morgan fingerprint density at radius 2 is 2.21 bits per heavy atom. The van der Waals surface area contributed by atoms with Gasteiger partial charge in [0, 0.05) is 35.8 Å². The van der Waals surface area contributed by atoms with Gasteiger partial charge in [-0.15, -0.1) is 4.91 Å². The molecular weight excluding hydrogens is 274 g/mol. The van der Waals surface area contributed by atoms with E-state index < -0.39 is 29.9 Å². The quantitative estimate of drug-likeness (QED) is 0.524. The van der Waals surface area contributed by atoms with Gasteiger partial charge in [0.15, 0.2) is 0 Å². The van der Waals surface area contributed by atoms with Crippen LogP contribution in [0.1, 0.15) is 19.8 Å². The highest BCUT2D eigenvalue weighted by molar-refractivity contribution is 7.97. The highest BCUT2D eigenvalue weighted by atomic mass is 32.2. The maximum Gasteiger partial charge on any atom is 0.326 e. The topological polar surface area (TPSA) is 116 Å². The Kier molecular flexibility index (Phi) is 5.74. The predicted molar refractivity (Wildman–Crippen MR) is 68.2 cm³/mol. The average molecular weight is 289 g/mol. The van der Waals surface area contributed by atoms with E-state index in [0.717, 1.165) is 0 Å². The molecule has 0 aliphatic carbocycles. The van der Waals surface area contributed by atoms with Gasteiger partial charge in [-0.3, -0.25) is 9.59 Å². The molecule has 9 heteroatoms. The summed E-state index contributed by atoms with van der Waals surface area (Å²) in [5.74, 6) is -1.98. The molecule has 0 bridgehead atoms. The van der Waals surface area contributed by atoms with E-state index in [4.69, 9.17) is 5.11 Å². The molecule has 2 amide bonds. The molecule has 1 aliphatic heterocycles. The molecule has 0 aromatic heterocycles. The zero-order valence-electron chi connectivity index (χ0n) is 10.4. The molecular formula is C10H15N3O5S. The van der Waals surface area contributed by atoms with Crippen LogP contribution in [0.4, 0.5) is 0 Å². The van der Waals surface area contributed by atoms with E-state index in [2.05, 4.69) is 9.90 Å². The fraction of sp³-hybridized carbons (Fsp3) is 0.700. The van der Waals surface area contributed by atoms with E-state index in [0.29, 0.717) is 31.3 Å². The number of hydrogen-bond donors (Lipinski definition) is 2. The van der Waals surface area contributed by atoms with E-state index in [-0.39, 0.29) is 5.75 Å². The maximum atomic E-state index is 12.2. The van der Waals surface area contributed by atoms with Crippen molar-refractivity contribution in [2.75, 3.05) is 12.3 Å². The van der Waals surface area contributed by atoms with Crippen molar-refractivity contribution in [3.8, 4) is 0 Å². The Bertz CT molecular complexity index is 389. The van der Waals surface area contributed by atoms with E-state index in [9.17, 15) is 19.3 Å². The van der Waals surface area contributed by atoms with Gasteiger partial charge in [0.25, 0.3) is 0 Å². The number of carbonyl (C=O) groups is 3. The number of nitroso groups, excluding NO2 is 1. The number of hydrogen-bond acceptors (Lipinski definition) is 6. The van der Waals surface area contributed by atoms with Crippen LogP contribution in [0.2, 0.25) is 0 Å². The van der Waals surface area contributed by atoms with Crippen LogP contribution in [-0.4, -0.2) is 52.2 Å². The van der Waals surface area contributed by atoms with Crippen LogP contribution in [0.15, 0.2) is 4.58 Å². The fourth-order valence-corrected chi connectivity index (χ4v) is 2.45. The molecule has 1 heterocycles. The smallest absolute Gasteiger partial charge is 0.326 e. The summed E-state index contributed by atoms with van der Waals surface area (Å²) in [4.78, 5) is 45.6. The Hall–Kier alpha value is -1.64. The van der Waals surface area contributed by atoms with Crippen LogP contribution >= 0.6 is 11.9 Å². The number of carbonyl (C=O) groups excluding carboxylic acids is 2. The second-order valence-electron chi connectivity index (χ2n) is 4.15. The first-order valence-electron chi connectivity index (χ1n) is 5.72. The summed E-state index contributed by atoms with van der Waals surface area (Å²) in [6, 6.07) is -1.79. The minimum atomic E-state index is -1.06. The largest absolute Gasteiger partial charge is 0.480 e. The van der Waals surface area contributed by atoms with Crippen LogP contribution in [0.25, 0.3) is 0 Å². The summed E-state index contributed by atoms with van der Waals surface area (Å²) >= 11 is 0.615. The number of nitrogens with zero attached hydrogens (tertiary/aromatic N) is 2. The van der Waals surface area contributed by atoms with Gasteiger partial charge in [0.2, 0.25) is 11.8 Å². The van der Waals surface area contributed by atoms with Gasteiger partial charge in [-0.2, -0.15) is 0 Å². The van der Waals surface area contributed by atoms with Gasteiger partial charge < -0.3 is 15.3 Å². The number of amides is 2. The first-order valence-corrected chi connectivity index (χ1v) is 6.66. The normalized spacial score (nSPS) is 19.8. The molecule has 0 unspecified atom stereocenters. The summed E-state index contributed by atoms with van der Waals surface area (Å²) in [6.07, 6.45) is 1.00. The first kappa shape index (κ1) is 15.4. The Balaban J connectivity index is 2.76. The second-order valence-corrected chi connectivity index (χ2v) is 4.89. The highest BCUT2D eigenvalue weighted by Gasteiger charge is 2.37. The third kappa shape index (κ3) is 4.19. The predicted octanol–water partition coefficient (Wildman–Crippen LogP) is -0.0187. The lowest BCUT2D eigenvalue weighted by Crippen LogP contribution is -2.52. The summed E-state index contributed by atoms with van der Waals surface area (Å²) in [6.45, 7) is 1.59. The molecule has 1 aliphatic rings. The summed E-state index contributed by atoms with van der Waals surface area (Å²) < 4.78 is 2.57. The number of rotatable bonds is 6. The standard InChI is InChI=1S/C10H15N3O5S/c1-6(14)11-7(5-19-12-18)9(15)13-4-2-3-8(13)10(16)17/h7-8H,2-5H2,1H3,(H,11,14)(H,16,17)/t7-,8-/m0/s1. The van der Waals surface area contributed by atoms with Crippen molar-refractivity contribution >= 4 is 29.7 Å². The minimum absolute atomic E-state index is 0.00917. The molecule has 1 rings (SSSR count). The Morgan fingerprint density at radius 3 is 2.74 bits per heavy atom. The van der Waals surface area contributed by atoms with E-state index in [1.54, 1.807) is 0 Å². The van der Waals surface area contributed by atoms with Gasteiger partial charge in [0.05, 0.1) is 0 Å². The van der Waals surface area contributed by atoms with Crippen molar-refractivity contribution in [3.05, 3.63) is 4.91 Å². The van der Waals surface area contributed by atoms with Crippen LogP contribution in [-0.2, 0) is 14.4 Å². The summed E-state index contributed by atoms with van der Waals surface area (Å²) in [5.41, 5.74) is 0. The monoisotopic (exact) mass is 289 g/mol. The number of aliphatic carboxylic acids is 1. The van der Waals surface area contributed by atoms with E-state index >= 15 is 0 Å². The number of nitrogens with one attached hydrogen (secondary N) is 1. The van der Waals surface area contributed by atoms with Crippen molar-refractivity contribution < 1.29 is 19.5 Å². The van der Waals surface area contributed by atoms with Crippen LogP contribution in [0.5, 0.6) is 0 Å². The molecule has 0 aromatic rings. The van der Waals surface area contributed by atoms with E-state index in [1.807, 2.05) is 0 Å². The van der Waals surface area contributed by atoms with Gasteiger partial charge >= 0.3 is 5.97 Å². The third-order valence-corrected chi connectivity index (χ3v) is 3.38. The SMILES string of the molecule is CC(=O)N[C@@H](CSN=O)C(=O)N1CCC[C@H]1C(=O)O. The molecule has 19 heavy (non-hydrogen) atoms. The lowest BCUT2D eigenvalue weighted by atomic mass is 10.2. The number of carboxylic acids is 1. The number of likely N-dealkylation sites (tertiary alicyclic amines) is 1. The van der Waals surface area contributed by atoms with Crippen LogP contribution in [0, 0.1) is 4.91 Å². The van der Waals surface area contributed by atoms with E-state index in [1.165, 1.54) is 11.8 Å². The summed E-state index contributed by atoms with van der Waals surface area (Å²) in [5, 5.41) is 11.4. The molecule has 0 spiro atoms. The third-order valence-electron chi connectivity index (χ3n) is 2.79. The molecule has 106 valence electrons. The second kappa shape index (κ2) is 7.07. The molecule has 1 fully saturated rings. The Morgan fingerprint density at radius 1 is 1.53 bits per heavy atom. The lowest BCUT2D eigenvalue weighted by molar-refractivity contribution is -0.149. The van der Waals surface area contributed by atoms with Gasteiger partial charge in [-0.25, -0.2) is 4.79 Å². The van der Waals surface area contributed by atoms with Gasteiger partial charge in [0.1, 0.15) is 12.1 Å². The first-order chi connectivity index (χ1) is 8.97. The van der Waals surface area contributed by atoms with Crippen LogP contribution < -0.4 is 5.32 Å². The molecule has 8 nitrogen and oxygen atoms in total.